The molecule has 0 unspecified atom stereocenters. The summed E-state index contributed by atoms with van der Waals surface area (Å²) >= 11 is 0. The lowest BCUT2D eigenvalue weighted by Crippen LogP contribution is -2.29. The zero-order valence-electron chi connectivity index (χ0n) is 14.4. The molecule has 2 aromatic carbocycles. The molecule has 132 valence electrons. The summed E-state index contributed by atoms with van der Waals surface area (Å²) in [5.74, 6) is 0.305. The van der Waals surface area contributed by atoms with Gasteiger partial charge in [-0.15, -0.1) is 0 Å². The Morgan fingerprint density at radius 3 is 2.28 bits per heavy atom. The fourth-order valence-electron chi connectivity index (χ4n) is 2.13. The van der Waals surface area contributed by atoms with E-state index in [1.807, 2.05) is 24.3 Å². The number of methoxy groups -OCH3 is 1. The highest BCUT2D eigenvalue weighted by atomic mass is 16.5. The molecule has 0 aromatic heterocycles. The van der Waals surface area contributed by atoms with Gasteiger partial charge < -0.3 is 20.1 Å². The Labute approximate surface area is 147 Å². The molecule has 0 bridgehead atoms. The van der Waals surface area contributed by atoms with Gasteiger partial charge in [-0.3, -0.25) is 4.79 Å². The number of hydrogen-bond donors (Lipinski definition) is 2. The van der Waals surface area contributed by atoms with Crippen LogP contribution < -0.4 is 15.4 Å². The summed E-state index contributed by atoms with van der Waals surface area (Å²) in [7, 11) is 1.61. The van der Waals surface area contributed by atoms with Crippen molar-refractivity contribution in [1.82, 2.24) is 5.32 Å². The number of rotatable bonds is 8. The zero-order valence-corrected chi connectivity index (χ0v) is 14.4. The van der Waals surface area contributed by atoms with Crippen LogP contribution in [0.5, 0.6) is 5.75 Å². The van der Waals surface area contributed by atoms with E-state index in [0.29, 0.717) is 18.7 Å². The van der Waals surface area contributed by atoms with Gasteiger partial charge in [0.2, 0.25) is 5.91 Å². The van der Waals surface area contributed by atoms with Gasteiger partial charge in [-0.2, -0.15) is 0 Å². The standard InChI is InChI=1S/C19H22N2O4/c1-3-25-19(23)15-6-8-16(9-7-15)20-13-18(22)21-12-14-4-10-17(24-2)11-5-14/h4-11,20H,3,12-13H2,1-2H3,(H,21,22). The van der Waals surface area contributed by atoms with Crippen LogP contribution in [0.25, 0.3) is 0 Å². The van der Waals surface area contributed by atoms with Crippen molar-refractivity contribution in [2.45, 2.75) is 13.5 Å². The van der Waals surface area contributed by atoms with Gasteiger partial charge in [0.15, 0.2) is 0 Å². The maximum absolute atomic E-state index is 11.9. The number of ether oxygens (including phenoxy) is 2. The Kier molecular flexibility index (Phi) is 6.83. The summed E-state index contributed by atoms with van der Waals surface area (Å²) in [6.07, 6.45) is 0. The van der Waals surface area contributed by atoms with Gasteiger partial charge in [0.05, 0.1) is 25.8 Å². The van der Waals surface area contributed by atoms with E-state index in [4.69, 9.17) is 9.47 Å². The Hall–Kier alpha value is -3.02. The van der Waals surface area contributed by atoms with Gasteiger partial charge in [0.1, 0.15) is 5.75 Å². The minimum Gasteiger partial charge on any atom is -0.497 e. The van der Waals surface area contributed by atoms with Crippen molar-refractivity contribution in [1.29, 1.82) is 0 Å². The van der Waals surface area contributed by atoms with Gasteiger partial charge in [-0.05, 0) is 48.9 Å². The lowest BCUT2D eigenvalue weighted by Gasteiger charge is -2.09. The number of hydrogen-bond acceptors (Lipinski definition) is 5. The Bertz CT molecular complexity index is 696. The largest absolute Gasteiger partial charge is 0.497 e. The molecule has 0 radical (unpaired) electrons. The fraction of sp³-hybridized carbons (Fsp3) is 0.263. The molecule has 2 aromatic rings. The van der Waals surface area contributed by atoms with E-state index in [1.54, 1.807) is 38.3 Å². The molecular weight excluding hydrogens is 320 g/mol. The topological polar surface area (TPSA) is 76.7 Å². The molecule has 0 fully saturated rings. The van der Waals surface area contributed by atoms with Gasteiger partial charge in [-0.1, -0.05) is 12.1 Å². The third-order valence-corrected chi connectivity index (χ3v) is 3.50. The van der Waals surface area contributed by atoms with Crippen LogP contribution >= 0.6 is 0 Å². The fourth-order valence-corrected chi connectivity index (χ4v) is 2.13. The third-order valence-electron chi connectivity index (χ3n) is 3.50. The molecule has 0 saturated heterocycles. The maximum atomic E-state index is 11.9. The zero-order chi connectivity index (χ0) is 18.1. The van der Waals surface area contributed by atoms with Gasteiger partial charge in [-0.25, -0.2) is 4.79 Å². The molecule has 6 heteroatoms. The van der Waals surface area contributed by atoms with Crippen LogP contribution in [0.3, 0.4) is 0 Å². The molecule has 0 aliphatic carbocycles. The first-order chi connectivity index (χ1) is 12.1. The number of nitrogens with one attached hydrogen (secondary N) is 2. The summed E-state index contributed by atoms with van der Waals surface area (Å²) in [5, 5.41) is 5.85. The van der Waals surface area contributed by atoms with Crippen molar-refractivity contribution < 1.29 is 19.1 Å². The van der Waals surface area contributed by atoms with E-state index in [1.165, 1.54) is 0 Å². The van der Waals surface area contributed by atoms with E-state index < -0.39 is 0 Å². The summed E-state index contributed by atoms with van der Waals surface area (Å²) in [6, 6.07) is 14.3. The number of anilines is 1. The predicted molar refractivity (Wildman–Crippen MR) is 95.7 cm³/mol. The van der Waals surface area contributed by atoms with Gasteiger partial charge >= 0.3 is 5.97 Å². The van der Waals surface area contributed by atoms with Crippen molar-refractivity contribution in [2.75, 3.05) is 25.6 Å². The predicted octanol–water partition coefficient (Wildman–Crippen LogP) is 2.60. The first-order valence-electron chi connectivity index (χ1n) is 8.03. The normalized spacial score (nSPS) is 10.0. The van der Waals surface area contributed by atoms with Crippen molar-refractivity contribution in [3.63, 3.8) is 0 Å². The number of esters is 1. The lowest BCUT2D eigenvalue weighted by atomic mass is 10.2. The summed E-state index contributed by atoms with van der Waals surface area (Å²) in [5.41, 5.74) is 2.23. The van der Waals surface area contributed by atoms with Crippen LogP contribution in [0.4, 0.5) is 5.69 Å². The molecule has 0 spiro atoms. The van der Waals surface area contributed by atoms with Crippen LogP contribution in [-0.2, 0) is 16.1 Å². The minimum absolute atomic E-state index is 0.120. The summed E-state index contributed by atoms with van der Waals surface area (Å²) in [6.45, 7) is 2.70. The molecule has 0 heterocycles. The Morgan fingerprint density at radius 2 is 1.68 bits per heavy atom. The second-order valence-electron chi connectivity index (χ2n) is 5.28. The molecule has 2 N–H and O–H groups in total. The first-order valence-corrected chi connectivity index (χ1v) is 8.03. The highest BCUT2D eigenvalue weighted by Crippen LogP contribution is 2.11. The average molecular weight is 342 g/mol. The molecule has 6 nitrogen and oxygen atoms in total. The highest BCUT2D eigenvalue weighted by Gasteiger charge is 2.06. The molecule has 2 rings (SSSR count). The molecule has 0 aliphatic heterocycles. The second kappa shape index (κ2) is 9.32. The third kappa shape index (κ3) is 5.84. The Morgan fingerprint density at radius 1 is 1.00 bits per heavy atom. The van der Waals surface area contributed by atoms with Gasteiger partial charge in [0, 0.05) is 12.2 Å². The summed E-state index contributed by atoms with van der Waals surface area (Å²) < 4.78 is 10.0. The smallest absolute Gasteiger partial charge is 0.338 e. The van der Waals surface area contributed by atoms with Crippen LogP contribution in [0.1, 0.15) is 22.8 Å². The van der Waals surface area contributed by atoms with E-state index in [-0.39, 0.29) is 18.4 Å². The van der Waals surface area contributed by atoms with Crippen molar-refractivity contribution in [2.24, 2.45) is 0 Å². The minimum atomic E-state index is -0.355. The maximum Gasteiger partial charge on any atom is 0.338 e. The van der Waals surface area contributed by atoms with Crippen molar-refractivity contribution >= 4 is 17.6 Å². The quantitative estimate of drug-likeness (QED) is 0.721. The number of carbonyl (C=O) groups is 2. The van der Waals surface area contributed by atoms with Crippen LogP contribution in [0, 0.1) is 0 Å². The van der Waals surface area contributed by atoms with Crippen LogP contribution in [0.15, 0.2) is 48.5 Å². The van der Waals surface area contributed by atoms with E-state index in [0.717, 1.165) is 17.0 Å². The van der Waals surface area contributed by atoms with Crippen molar-refractivity contribution in [3.8, 4) is 5.75 Å². The molecule has 1 amide bonds. The molecule has 0 atom stereocenters. The Balaban J connectivity index is 1.76. The SMILES string of the molecule is CCOC(=O)c1ccc(NCC(=O)NCc2ccc(OC)cc2)cc1. The summed E-state index contributed by atoms with van der Waals surface area (Å²) in [4.78, 5) is 23.5. The number of benzene rings is 2. The van der Waals surface area contributed by atoms with Crippen LogP contribution in [-0.4, -0.2) is 32.1 Å². The van der Waals surface area contributed by atoms with Crippen LogP contribution in [0.2, 0.25) is 0 Å². The molecule has 25 heavy (non-hydrogen) atoms. The highest BCUT2D eigenvalue weighted by molar-refractivity contribution is 5.90. The first kappa shape index (κ1) is 18.3. The molecule has 0 saturated carbocycles. The van der Waals surface area contributed by atoms with Crippen molar-refractivity contribution in [3.05, 3.63) is 59.7 Å². The number of amides is 1. The molecular formula is C19H22N2O4. The van der Waals surface area contributed by atoms with E-state index in [9.17, 15) is 9.59 Å². The lowest BCUT2D eigenvalue weighted by molar-refractivity contribution is -0.119. The second-order valence-corrected chi connectivity index (χ2v) is 5.28. The molecule has 0 aliphatic rings. The van der Waals surface area contributed by atoms with Gasteiger partial charge in [0.25, 0.3) is 0 Å². The van der Waals surface area contributed by atoms with E-state index >= 15 is 0 Å². The number of carbonyl (C=O) groups excluding carboxylic acids is 2. The average Bonchev–Trinajstić information content (AvgIpc) is 2.65. The monoisotopic (exact) mass is 342 g/mol. The van der Waals surface area contributed by atoms with E-state index in [2.05, 4.69) is 10.6 Å².